The summed E-state index contributed by atoms with van der Waals surface area (Å²) in [5.74, 6) is 5.18. The number of Topliss-reactive ketones (excluding diaryl/α,β-unsaturated/α-hetero) is 1. The van der Waals surface area contributed by atoms with E-state index in [1.807, 2.05) is 0 Å². The molecule has 23 heavy (non-hydrogen) atoms. The first-order valence-electron chi connectivity index (χ1n) is 9.30. The van der Waals surface area contributed by atoms with Crippen LogP contribution in [0.5, 0.6) is 0 Å². The number of hydrogen-bond donors (Lipinski definition) is 1. The molecule has 4 aliphatic rings. The summed E-state index contributed by atoms with van der Waals surface area (Å²) >= 11 is 0. The number of carbonyl (C=O) groups is 1. The molecule has 4 aliphatic carbocycles. The van der Waals surface area contributed by atoms with Crippen LogP contribution in [-0.4, -0.2) is 17.0 Å². The van der Waals surface area contributed by atoms with E-state index in [-0.39, 0.29) is 16.9 Å². The molecule has 1 N–H and O–H groups in total. The molecule has 124 valence electrons. The van der Waals surface area contributed by atoms with Crippen molar-refractivity contribution in [2.24, 2.45) is 28.6 Å². The Morgan fingerprint density at radius 1 is 1.09 bits per heavy atom. The zero-order chi connectivity index (χ0) is 16.4. The minimum absolute atomic E-state index is 0.0943. The van der Waals surface area contributed by atoms with Gasteiger partial charge in [0.15, 0.2) is 0 Å². The molecule has 0 aliphatic heterocycles. The van der Waals surface area contributed by atoms with Crippen LogP contribution < -0.4 is 0 Å². The maximum Gasteiger partial charge on any atom is 0.139 e. The molecule has 0 aromatic carbocycles. The van der Waals surface area contributed by atoms with Crippen molar-refractivity contribution in [3.8, 4) is 12.3 Å². The van der Waals surface area contributed by atoms with E-state index >= 15 is 0 Å². The highest BCUT2D eigenvalue weighted by Crippen LogP contribution is 2.65. The number of terminal acetylenes is 1. The first-order valence-corrected chi connectivity index (χ1v) is 9.30. The monoisotopic (exact) mass is 312 g/mol. The molecule has 0 aromatic heterocycles. The second-order valence-electron chi connectivity index (χ2n) is 8.91. The maximum absolute atomic E-state index is 12.5. The Morgan fingerprint density at radius 3 is 2.52 bits per heavy atom. The third kappa shape index (κ3) is 1.96. The smallest absolute Gasteiger partial charge is 0.139 e. The van der Waals surface area contributed by atoms with Gasteiger partial charge in [-0.25, -0.2) is 0 Å². The van der Waals surface area contributed by atoms with Crippen LogP contribution in [-0.2, 0) is 4.79 Å². The van der Waals surface area contributed by atoms with Gasteiger partial charge in [-0.15, -0.1) is 6.42 Å². The van der Waals surface area contributed by atoms with Gasteiger partial charge in [0.05, 0.1) is 6.10 Å². The third-order valence-electron chi connectivity index (χ3n) is 8.07. The van der Waals surface area contributed by atoms with E-state index in [4.69, 9.17) is 6.42 Å². The van der Waals surface area contributed by atoms with Gasteiger partial charge in [-0.05, 0) is 73.7 Å². The number of aliphatic hydroxyl groups excluding tert-OH is 1. The Labute approximate surface area is 139 Å². The number of carbonyl (C=O) groups excluding carboxylic acids is 1. The van der Waals surface area contributed by atoms with Crippen LogP contribution in [0.4, 0.5) is 0 Å². The van der Waals surface area contributed by atoms with Gasteiger partial charge in [0, 0.05) is 17.4 Å². The summed E-state index contributed by atoms with van der Waals surface area (Å²) in [6.07, 6.45) is 13.3. The highest BCUT2D eigenvalue weighted by molar-refractivity contribution is 5.87. The Balaban J connectivity index is 1.78. The number of allylic oxidation sites excluding steroid dienone is 1. The van der Waals surface area contributed by atoms with Gasteiger partial charge in [-0.2, -0.15) is 0 Å². The van der Waals surface area contributed by atoms with Crippen molar-refractivity contribution < 1.29 is 9.90 Å². The average molecular weight is 312 g/mol. The Morgan fingerprint density at radius 2 is 1.78 bits per heavy atom. The summed E-state index contributed by atoms with van der Waals surface area (Å²) in [6.45, 7) is 4.60. The van der Waals surface area contributed by atoms with Crippen molar-refractivity contribution in [3.63, 3.8) is 0 Å². The number of fused-ring (bicyclic) bond motifs is 5. The van der Waals surface area contributed by atoms with E-state index in [0.29, 0.717) is 23.5 Å². The van der Waals surface area contributed by atoms with Crippen LogP contribution in [0.2, 0.25) is 0 Å². The van der Waals surface area contributed by atoms with Gasteiger partial charge in [0.25, 0.3) is 0 Å². The van der Waals surface area contributed by atoms with Crippen LogP contribution in [0.1, 0.15) is 65.2 Å². The zero-order valence-corrected chi connectivity index (χ0v) is 14.4. The molecule has 2 nitrogen and oxygen atoms in total. The molecular formula is C21H28O2. The van der Waals surface area contributed by atoms with E-state index in [1.54, 1.807) is 0 Å². The number of ketones is 1. The van der Waals surface area contributed by atoms with Gasteiger partial charge >= 0.3 is 0 Å². The van der Waals surface area contributed by atoms with Crippen LogP contribution in [0.15, 0.2) is 11.1 Å². The maximum atomic E-state index is 12.5. The van der Waals surface area contributed by atoms with Gasteiger partial charge < -0.3 is 5.11 Å². The zero-order valence-electron chi connectivity index (χ0n) is 14.4. The minimum Gasteiger partial charge on any atom is -0.393 e. The molecule has 0 saturated heterocycles. The highest BCUT2D eigenvalue weighted by atomic mass is 16.3. The normalized spacial score (nSPS) is 49.2. The number of aliphatic hydroxyl groups is 1. The predicted octanol–water partition coefficient (Wildman–Crippen LogP) is 3.88. The van der Waals surface area contributed by atoms with Crippen LogP contribution in [0.25, 0.3) is 0 Å². The Bertz CT molecular complexity index is 624. The molecule has 0 radical (unpaired) electrons. The molecule has 4 rings (SSSR count). The highest BCUT2D eigenvalue weighted by Gasteiger charge is 2.59. The van der Waals surface area contributed by atoms with E-state index in [9.17, 15) is 9.90 Å². The largest absolute Gasteiger partial charge is 0.393 e. The fraction of sp³-hybridized carbons (Fsp3) is 0.762. The number of hydrogen-bond acceptors (Lipinski definition) is 2. The van der Waals surface area contributed by atoms with Crippen LogP contribution >= 0.6 is 0 Å². The summed E-state index contributed by atoms with van der Waals surface area (Å²) in [5.41, 5.74) is 2.57. The second-order valence-corrected chi connectivity index (χ2v) is 8.91. The van der Waals surface area contributed by atoms with E-state index in [0.717, 1.165) is 56.9 Å². The molecule has 2 heteroatoms. The second kappa shape index (κ2) is 4.96. The lowest BCUT2D eigenvalue weighted by atomic mass is 9.47. The fourth-order valence-electron chi connectivity index (χ4n) is 6.70. The first-order chi connectivity index (χ1) is 10.9. The van der Waals surface area contributed by atoms with Crippen molar-refractivity contribution in [3.05, 3.63) is 11.1 Å². The average Bonchev–Trinajstić information content (AvgIpc) is 2.83. The van der Waals surface area contributed by atoms with Crippen LogP contribution in [0.3, 0.4) is 0 Å². The van der Waals surface area contributed by atoms with Crippen molar-refractivity contribution in [1.82, 2.24) is 0 Å². The van der Waals surface area contributed by atoms with Crippen LogP contribution in [0, 0.1) is 40.9 Å². The molecule has 3 saturated carbocycles. The lowest BCUT2D eigenvalue weighted by Crippen LogP contribution is -2.51. The quantitative estimate of drug-likeness (QED) is 0.689. The summed E-state index contributed by atoms with van der Waals surface area (Å²) in [7, 11) is 0. The summed E-state index contributed by atoms with van der Waals surface area (Å²) in [4.78, 5) is 12.5. The fourth-order valence-corrected chi connectivity index (χ4v) is 6.70. The van der Waals surface area contributed by atoms with Crippen molar-refractivity contribution >= 4 is 5.78 Å². The lowest BCUT2D eigenvalue weighted by Gasteiger charge is -2.57. The SMILES string of the molecule is C#CC1=C2C[C@@H](O)CC[C@]2(C)[C@H]2CC[C@]3(C)C(=O)CC[C@H]3[C@@H]2C1. The minimum atomic E-state index is -0.222. The lowest BCUT2D eigenvalue weighted by molar-refractivity contribution is -0.132. The van der Waals surface area contributed by atoms with Gasteiger partial charge in [0.2, 0.25) is 0 Å². The van der Waals surface area contributed by atoms with Gasteiger partial charge in [-0.1, -0.05) is 19.8 Å². The molecule has 0 aromatic rings. The number of rotatable bonds is 0. The molecule has 0 amide bonds. The summed E-state index contributed by atoms with van der Waals surface area (Å²) in [6, 6.07) is 0. The first kappa shape index (κ1) is 15.5. The van der Waals surface area contributed by atoms with E-state index < -0.39 is 0 Å². The van der Waals surface area contributed by atoms with E-state index in [2.05, 4.69) is 19.8 Å². The Hall–Kier alpha value is -1.07. The third-order valence-corrected chi connectivity index (χ3v) is 8.07. The Kier molecular flexibility index (Phi) is 3.34. The van der Waals surface area contributed by atoms with Crippen molar-refractivity contribution in [2.75, 3.05) is 0 Å². The summed E-state index contributed by atoms with van der Waals surface area (Å²) in [5, 5.41) is 10.2. The van der Waals surface area contributed by atoms with Gasteiger partial charge in [-0.3, -0.25) is 4.79 Å². The van der Waals surface area contributed by atoms with Gasteiger partial charge in [0.1, 0.15) is 5.78 Å². The topological polar surface area (TPSA) is 37.3 Å². The molecule has 3 fully saturated rings. The van der Waals surface area contributed by atoms with Crippen molar-refractivity contribution in [1.29, 1.82) is 0 Å². The van der Waals surface area contributed by atoms with Crippen molar-refractivity contribution in [2.45, 2.75) is 71.3 Å². The summed E-state index contributed by atoms with van der Waals surface area (Å²) < 4.78 is 0. The predicted molar refractivity (Wildman–Crippen MR) is 90.5 cm³/mol. The molecule has 0 unspecified atom stereocenters. The molecular weight excluding hydrogens is 284 g/mol. The standard InChI is InChI=1S/C21H28O2/c1-4-13-11-15-16-5-6-19(23)21(16,3)10-8-17(15)20(2)9-7-14(22)12-18(13)20/h1,14-17,22H,5-12H2,2-3H3/t14-,15-,16-,17-,20+,21-/m0/s1. The molecule has 6 atom stereocenters. The molecule has 0 spiro atoms. The van der Waals surface area contributed by atoms with E-state index in [1.165, 1.54) is 5.57 Å². The molecule has 0 bridgehead atoms. The molecule has 0 heterocycles.